The molecule has 1 aliphatic rings. The van der Waals surface area contributed by atoms with Crippen LogP contribution in [0, 0.1) is 11.8 Å². The van der Waals surface area contributed by atoms with Crippen molar-refractivity contribution in [1.29, 1.82) is 0 Å². The van der Waals surface area contributed by atoms with Gasteiger partial charge in [0, 0.05) is 39.6 Å². The van der Waals surface area contributed by atoms with E-state index < -0.39 is 11.8 Å². The Hall–Kier alpha value is -2.09. The summed E-state index contributed by atoms with van der Waals surface area (Å²) in [7, 11) is 3.46. The Bertz CT molecular complexity index is 760. The molecule has 1 aromatic carbocycles. The molecule has 8 heteroatoms. The van der Waals surface area contributed by atoms with Crippen LogP contribution in [-0.2, 0) is 9.53 Å². The van der Waals surface area contributed by atoms with Crippen molar-refractivity contribution in [2.75, 3.05) is 33.8 Å². The number of amides is 2. The van der Waals surface area contributed by atoms with Gasteiger partial charge in [0.25, 0.3) is 0 Å². The molecule has 2 amide bonds. The Morgan fingerprint density at radius 1 is 1.24 bits per heavy atom. The Kier molecular flexibility index (Phi) is 13.9. The van der Waals surface area contributed by atoms with Gasteiger partial charge < -0.3 is 20.1 Å². The molecule has 0 spiro atoms. The third-order valence-electron chi connectivity index (χ3n) is 6.00. The predicted octanol–water partition coefficient (Wildman–Crippen LogP) is 4.77. The number of likely N-dealkylation sites (N-methyl/N-ethyl adjacent to an activating group) is 1. The van der Waals surface area contributed by atoms with Crippen molar-refractivity contribution in [1.82, 2.24) is 15.5 Å². The largest absolute Gasteiger partial charge is 0.417 e. The highest BCUT2D eigenvalue weighted by molar-refractivity contribution is 5.85. The van der Waals surface area contributed by atoms with Crippen molar-refractivity contribution < 1.29 is 19.1 Å². The van der Waals surface area contributed by atoms with Gasteiger partial charge in [-0.05, 0) is 56.7 Å². The van der Waals surface area contributed by atoms with Gasteiger partial charge in [0.2, 0.25) is 5.91 Å². The van der Waals surface area contributed by atoms with Crippen LogP contribution in [0.4, 0.5) is 4.79 Å². The number of unbranched alkanes of at least 4 members (excludes halogenated alkanes) is 2. The second-order valence-electron chi connectivity index (χ2n) is 9.09. The molecule has 2 N–H and O–H groups in total. The van der Waals surface area contributed by atoms with Gasteiger partial charge in [-0.25, -0.2) is 4.79 Å². The van der Waals surface area contributed by atoms with Crippen molar-refractivity contribution in [3.63, 3.8) is 0 Å². The van der Waals surface area contributed by atoms with E-state index in [2.05, 4.69) is 36.6 Å². The van der Waals surface area contributed by atoms with Crippen LogP contribution in [0.25, 0.3) is 0 Å². The summed E-state index contributed by atoms with van der Waals surface area (Å²) < 4.78 is 11.5. The number of benzene rings is 1. The van der Waals surface area contributed by atoms with Gasteiger partial charge in [-0.1, -0.05) is 44.2 Å². The van der Waals surface area contributed by atoms with E-state index in [0.29, 0.717) is 44.1 Å². The quantitative estimate of drug-likeness (QED) is 0.322. The fourth-order valence-electron chi connectivity index (χ4n) is 4.23. The van der Waals surface area contributed by atoms with E-state index in [0.717, 1.165) is 25.7 Å². The van der Waals surface area contributed by atoms with E-state index in [1.165, 1.54) is 0 Å². The number of carbonyl (C=O) groups is 2. The summed E-state index contributed by atoms with van der Waals surface area (Å²) in [5.41, 5.74) is -0.822. The summed E-state index contributed by atoms with van der Waals surface area (Å²) in [6.45, 7) is 5.89. The van der Waals surface area contributed by atoms with Crippen molar-refractivity contribution in [3.05, 3.63) is 42.5 Å². The summed E-state index contributed by atoms with van der Waals surface area (Å²) in [5.74, 6) is 1.38. The minimum atomic E-state index is -0.822. The van der Waals surface area contributed by atoms with E-state index >= 15 is 0 Å². The number of nitrogens with one attached hydrogen (secondary N) is 2. The number of hydrogen-bond acceptors (Lipinski definition) is 5. The molecule has 1 fully saturated rings. The van der Waals surface area contributed by atoms with E-state index in [-0.39, 0.29) is 24.2 Å². The fourth-order valence-corrected chi connectivity index (χ4v) is 4.23. The number of carbonyl (C=O) groups excluding carboxylic acids is 2. The summed E-state index contributed by atoms with van der Waals surface area (Å²) in [5, 5.41) is 6.23. The second kappa shape index (κ2) is 15.7. The molecule has 0 bridgehead atoms. The van der Waals surface area contributed by atoms with Crippen molar-refractivity contribution in [2.45, 2.75) is 58.1 Å². The third kappa shape index (κ3) is 9.65. The van der Waals surface area contributed by atoms with E-state index in [1.807, 2.05) is 25.2 Å². The lowest BCUT2D eigenvalue weighted by atomic mass is 9.87. The molecule has 2 atom stereocenters. The summed E-state index contributed by atoms with van der Waals surface area (Å²) in [6.07, 6.45) is 8.85. The smallest absolute Gasteiger partial charge is 0.410 e. The highest BCUT2D eigenvalue weighted by Gasteiger charge is 2.45. The van der Waals surface area contributed by atoms with Crippen LogP contribution < -0.4 is 15.4 Å². The maximum Gasteiger partial charge on any atom is 0.417 e. The molecule has 192 valence electrons. The van der Waals surface area contributed by atoms with Crippen LogP contribution in [0.5, 0.6) is 5.75 Å². The van der Waals surface area contributed by atoms with Crippen LogP contribution in [0.3, 0.4) is 0 Å². The number of hydrogen-bond donors (Lipinski definition) is 2. The van der Waals surface area contributed by atoms with Gasteiger partial charge in [-0.15, -0.1) is 12.4 Å². The average Bonchev–Trinajstić information content (AvgIpc) is 2.80. The predicted molar refractivity (Wildman–Crippen MR) is 138 cm³/mol. The number of piperidine rings is 1. The number of allylic oxidation sites excluding steroid dienone is 2. The zero-order valence-corrected chi connectivity index (χ0v) is 21.9. The molecular formula is C26H42ClN3O4. The number of likely N-dealkylation sites (tertiary alicyclic amines) is 1. The lowest BCUT2D eigenvalue weighted by molar-refractivity contribution is -0.148. The summed E-state index contributed by atoms with van der Waals surface area (Å²) in [6, 6.07) is 9.05. The topological polar surface area (TPSA) is 79.9 Å². The normalized spacial score (nSPS) is 20.3. The molecule has 0 radical (unpaired) electrons. The molecular weight excluding hydrogens is 454 g/mol. The van der Waals surface area contributed by atoms with Crippen molar-refractivity contribution in [2.24, 2.45) is 11.8 Å². The molecule has 2 unspecified atom stereocenters. The highest BCUT2D eigenvalue weighted by Crippen LogP contribution is 2.33. The molecule has 1 saturated heterocycles. The van der Waals surface area contributed by atoms with Gasteiger partial charge in [0.05, 0.1) is 0 Å². The number of halogens is 1. The van der Waals surface area contributed by atoms with Crippen molar-refractivity contribution >= 4 is 24.4 Å². The average molecular weight is 496 g/mol. The van der Waals surface area contributed by atoms with Crippen molar-refractivity contribution in [3.8, 4) is 5.75 Å². The Morgan fingerprint density at radius 2 is 1.97 bits per heavy atom. The monoisotopic (exact) mass is 495 g/mol. The first-order chi connectivity index (χ1) is 15.9. The van der Waals surface area contributed by atoms with Gasteiger partial charge in [0.15, 0.2) is 5.72 Å². The molecule has 0 aliphatic carbocycles. The Morgan fingerprint density at radius 3 is 2.62 bits per heavy atom. The van der Waals surface area contributed by atoms with E-state index in [9.17, 15) is 9.59 Å². The highest BCUT2D eigenvalue weighted by atomic mass is 35.5. The SMILES string of the molecule is CNCC1(OC)CC(CNC(=O)CCCCC=CC(C)C)CCN1C(=O)Oc1ccccc1.Cl. The molecule has 7 nitrogen and oxygen atoms in total. The van der Waals surface area contributed by atoms with Crippen LogP contribution in [0.2, 0.25) is 0 Å². The summed E-state index contributed by atoms with van der Waals surface area (Å²) in [4.78, 5) is 26.9. The number of rotatable bonds is 12. The standard InChI is InChI=1S/C26H41N3O4.ClH/c1-21(2)12-8-5-6-11-15-24(30)28-19-22-16-17-29(26(18-22,32-4)20-27-3)25(31)33-23-13-9-7-10-14-23;/h7-10,12-14,21-22,27H,5-6,11,15-20H2,1-4H3,(H,28,30);1H. The van der Waals surface area contributed by atoms with Crippen LogP contribution in [-0.4, -0.2) is 56.4 Å². The number of methoxy groups -OCH3 is 1. The number of ether oxygens (including phenoxy) is 2. The molecule has 0 aromatic heterocycles. The minimum absolute atomic E-state index is 0. The molecule has 1 aliphatic heterocycles. The maximum atomic E-state index is 12.9. The van der Waals surface area contributed by atoms with Crippen LogP contribution >= 0.6 is 12.4 Å². The molecule has 1 heterocycles. The van der Waals surface area contributed by atoms with Crippen LogP contribution in [0.15, 0.2) is 42.5 Å². The lowest BCUT2D eigenvalue weighted by Crippen LogP contribution is -2.63. The molecule has 34 heavy (non-hydrogen) atoms. The number of para-hydroxylation sites is 1. The Labute approximate surface area is 211 Å². The maximum absolute atomic E-state index is 12.9. The van der Waals surface area contributed by atoms with E-state index in [1.54, 1.807) is 24.1 Å². The second-order valence-corrected chi connectivity index (χ2v) is 9.09. The van der Waals surface area contributed by atoms with Gasteiger partial charge in [-0.2, -0.15) is 0 Å². The third-order valence-corrected chi connectivity index (χ3v) is 6.00. The first kappa shape index (κ1) is 29.9. The molecule has 0 saturated carbocycles. The Balaban J connectivity index is 0.00000578. The van der Waals surface area contributed by atoms with Gasteiger partial charge in [0.1, 0.15) is 5.75 Å². The zero-order valence-electron chi connectivity index (χ0n) is 21.0. The first-order valence-electron chi connectivity index (χ1n) is 12.1. The van der Waals surface area contributed by atoms with Gasteiger partial charge >= 0.3 is 6.09 Å². The van der Waals surface area contributed by atoms with Crippen LogP contribution in [0.1, 0.15) is 52.4 Å². The fraction of sp³-hybridized carbons (Fsp3) is 0.615. The first-order valence-corrected chi connectivity index (χ1v) is 12.1. The number of nitrogens with zero attached hydrogens (tertiary/aromatic N) is 1. The zero-order chi connectivity index (χ0) is 24.1. The summed E-state index contributed by atoms with van der Waals surface area (Å²) >= 11 is 0. The minimum Gasteiger partial charge on any atom is -0.410 e. The lowest BCUT2D eigenvalue weighted by Gasteiger charge is -2.47. The van der Waals surface area contributed by atoms with E-state index in [4.69, 9.17) is 9.47 Å². The molecule has 2 rings (SSSR count). The van der Waals surface area contributed by atoms with Gasteiger partial charge in [-0.3, -0.25) is 9.69 Å². The molecule has 1 aromatic rings.